The summed E-state index contributed by atoms with van der Waals surface area (Å²) in [6.45, 7) is 0.0587. The van der Waals surface area contributed by atoms with Crippen molar-refractivity contribution < 1.29 is 19.4 Å². The lowest BCUT2D eigenvalue weighted by molar-refractivity contribution is -0.143. The Balaban J connectivity index is 1.64. The van der Waals surface area contributed by atoms with Crippen molar-refractivity contribution in [2.24, 2.45) is 0 Å². The number of rotatable bonds is 3. The molecule has 2 aliphatic rings. The first kappa shape index (κ1) is 17.7. The molecule has 1 aliphatic heterocycles. The van der Waals surface area contributed by atoms with Crippen LogP contribution in [0.2, 0.25) is 0 Å². The van der Waals surface area contributed by atoms with Crippen LogP contribution in [0, 0.1) is 0 Å². The third-order valence-corrected chi connectivity index (χ3v) is 5.64. The lowest BCUT2D eigenvalue weighted by atomic mass is 9.89. The molecule has 1 heterocycles. The van der Waals surface area contributed by atoms with E-state index in [0.717, 1.165) is 30.4 Å². The Bertz CT molecular complexity index is 825. The largest absolute Gasteiger partial charge is 0.480 e. The molecule has 0 aromatic heterocycles. The van der Waals surface area contributed by atoms with E-state index in [0.29, 0.717) is 18.4 Å². The molecule has 1 atom stereocenters. The summed E-state index contributed by atoms with van der Waals surface area (Å²) in [4.78, 5) is 26.5. The van der Waals surface area contributed by atoms with Crippen molar-refractivity contribution >= 4 is 11.9 Å². The number of carbonyl (C=O) groups is 2. The molecule has 1 unspecified atom stereocenters. The van der Waals surface area contributed by atoms with Crippen molar-refractivity contribution in [3.8, 4) is 11.1 Å². The molecule has 1 N–H and O–H groups in total. The Labute approximate surface area is 158 Å². The molecule has 5 heteroatoms. The maximum atomic E-state index is 13.3. The van der Waals surface area contributed by atoms with Gasteiger partial charge in [-0.05, 0) is 48.9 Å². The third-order valence-electron chi connectivity index (χ3n) is 5.64. The van der Waals surface area contributed by atoms with Gasteiger partial charge >= 0.3 is 5.97 Å². The zero-order valence-corrected chi connectivity index (χ0v) is 15.1. The highest BCUT2D eigenvalue weighted by Gasteiger charge is 2.53. The quantitative estimate of drug-likeness (QED) is 0.895. The van der Waals surface area contributed by atoms with Crippen molar-refractivity contribution in [2.45, 2.75) is 43.9 Å². The molecule has 27 heavy (non-hydrogen) atoms. The summed E-state index contributed by atoms with van der Waals surface area (Å²) >= 11 is 0. The van der Waals surface area contributed by atoms with Crippen LogP contribution < -0.4 is 0 Å². The van der Waals surface area contributed by atoms with Crippen molar-refractivity contribution in [2.75, 3.05) is 6.61 Å². The van der Waals surface area contributed by atoms with Gasteiger partial charge in [0, 0.05) is 5.56 Å². The summed E-state index contributed by atoms with van der Waals surface area (Å²) < 4.78 is 5.93. The topological polar surface area (TPSA) is 66.8 Å². The molecule has 4 rings (SSSR count). The van der Waals surface area contributed by atoms with Crippen molar-refractivity contribution in [1.29, 1.82) is 0 Å². The number of amides is 1. The fourth-order valence-corrected chi connectivity index (χ4v) is 4.23. The summed E-state index contributed by atoms with van der Waals surface area (Å²) in [6, 6.07) is 16.4. The fraction of sp³-hybridized carbons (Fsp3) is 0.364. The van der Waals surface area contributed by atoms with E-state index in [2.05, 4.69) is 0 Å². The highest BCUT2D eigenvalue weighted by molar-refractivity contribution is 5.97. The molecule has 0 radical (unpaired) electrons. The summed E-state index contributed by atoms with van der Waals surface area (Å²) in [5.41, 5.74) is 1.83. The van der Waals surface area contributed by atoms with Crippen LogP contribution in [0.5, 0.6) is 0 Å². The number of carbonyl (C=O) groups excluding carboxylic acids is 1. The number of benzene rings is 2. The van der Waals surface area contributed by atoms with Crippen LogP contribution in [0.1, 0.15) is 42.5 Å². The first-order valence-corrected chi connectivity index (χ1v) is 9.47. The van der Waals surface area contributed by atoms with Gasteiger partial charge in [-0.25, -0.2) is 4.79 Å². The zero-order valence-electron chi connectivity index (χ0n) is 15.1. The maximum Gasteiger partial charge on any atom is 0.328 e. The molecule has 1 saturated carbocycles. The van der Waals surface area contributed by atoms with E-state index in [1.807, 2.05) is 42.5 Å². The number of ether oxygens (including phenoxy) is 1. The van der Waals surface area contributed by atoms with E-state index in [1.165, 1.54) is 4.90 Å². The van der Waals surface area contributed by atoms with Crippen LogP contribution >= 0.6 is 0 Å². The number of carboxylic acids is 1. The number of carboxylic acid groups (broad SMARTS) is 1. The Hall–Kier alpha value is -2.66. The van der Waals surface area contributed by atoms with Crippen molar-refractivity contribution in [3.05, 3.63) is 60.2 Å². The van der Waals surface area contributed by atoms with Crippen molar-refractivity contribution in [1.82, 2.24) is 4.90 Å². The van der Waals surface area contributed by atoms with Gasteiger partial charge in [0.2, 0.25) is 0 Å². The molecule has 1 saturated heterocycles. The predicted molar refractivity (Wildman–Crippen MR) is 101 cm³/mol. The zero-order chi connectivity index (χ0) is 18.9. The van der Waals surface area contributed by atoms with Crippen LogP contribution in [0.3, 0.4) is 0 Å². The number of nitrogens with zero attached hydrogens (tertiary/aromatic N) is 1. The first-order chi connectivity index (χ1) is 13.1. The van der Waals surface area contributed by atoms with Crippen LogP contribution in [-0.4, -0.2) is 40.3 Å². The molecule has 1 aliphatic carbocycles. The van der Waals surface area contributed by atoms with Crippen LogP contribution in [-0.2, 0) is 9.53 Å². The van der Waals surface area contributed by atoms with E-state index >= 15 is 0 Å². The first-order valence-electron chi connectivity index (χ1n) is 9.47. The van der Waals surface area contributed by atoms with Gasteiger partial charge in [0.05, 0.1) is 6.61 Å². The predicted octanol–water partition coefficient (Wildman–Crippen LogP) is 3.94. The second-order valence-electron chi connectivity index (χ2n) is 7.29. The molecule has 140 valence electrons. The van der Waals surface area contributed by atoms with Crippen LogP contribution in [0.15, 0.2) is 54.6 Å². The van der Waals surface area contributed by atoms with Crippen LogP contribution in [0.4, 0.5) is 0 Å². The van der Waals surface area contributed by atoms with Gasteiger partial charge < -0.3 is 9.84 Å². The minimum absolute atomic E-state index is 0.0587. The van der Waals surface area contributed by atoms with E-state index in [-0.39, 0.29) is 12.5 Å². The van der Waals surface area contributed by atoms with E-state index in [4.69, 9.17) is 4.74 Å². The lowest BCUT2D eigenvalue weighted by Gasteiger charge is -2.41. The highest BCUT2D eigenvalue weighted by Crippen LogP contribution is 2.41. The minimum Gasteiger partial charge on any atom is -0.480 e. The molecule has 2 aromatic carbocycles. The van der Waals surface area contributed by atoms with Gasteiger partial charge in [0.25, 0.3) is 5.91 Å². The molecule has 2 aromatic rings. The number of hydrogen-bond acceptors (Lipinski definition) is 3. The van der Waals surface area contributed by atoms with Gasteiger partial charge in [-0.15, -0.1) is 0 Å². The normalized spacial score (nSPS) is 21.3. The van der Waals surface area contributed by atoms with Gasteiger partial charge in [0.1, 0.15) is 5.72 Å². The molecular formula is C22H23NO4. The number of aliphatic carboxylic acids is 1. The monoisotopic (exact) mass is 365 g/mol. The van der Waals surface area contributed by atoms with Crippen molar-refractivity contribution in [3.63, 3.8) is 0 Å². The summed E-state index contributed by atoms with van der Waals surface area (Å²) in [5.74, 6) is -1.27. The molecule has 2 fully saturated rings. The highest BCUT2D eigenvalue weighted by atomic mass is 16.5. The summed E-state index contributed by atoms with van der Waals surface area (Å²) in [7, 11) is 0. The SMILES string of the molecule is O=C(O)C1COC2(CCCCC2)N1C(=O)c1ccc(-c2ccccc2)cc1. The Kier molecular flexibility index (Phi) is 4.70. The standard InChI is InChI=1S/C22H23NO4/c24-20(18-11-9-17(10-12-18)16-7-3-1-4-8-16)23-19(21(25)26)15-27-22(23)13-5-2-6-14-22/h1,3-4,7-12,19H,2,5-6,13-15H2,(H,25,26). The number of hydrogen-bond donors (Lipinski definition) is 1. The van der Waals surface area contributed by atoms with Crippen LogP contribution in [0.25, 0.3) is 11.1 Å². The Morgan fingerprint density at radius 2 is 1.56 bits per heavy atom. The minimum atomic E-state index is -1.01. The average Bonchev–Trinajstić information content (AvgIpc) is 3.07. The lowest BCUT2D eigenvalue weighted by Crippen LogP contribution is -2.54. The molecular weight excluding hydrogens is 342 g/mol. The fourth-order valence-electron chi connectivity index (χ4n) is 4.23. The summed E-state index contributed by atoms with van der Waals surface area (Å²) in [5, 5.41) is 9.61. The molecule has 5 nitrogen and oxygen atoms in total. The van der Waals surface area contributed by atoms with E-state index in [1.54, 1.807) is 12.1 Å². The summed E-state index contributed by atoms with van der Waals surface area (Å²) in [6.07, 6.45) is 4.39. The molecule has 0 bridgehead atoms. The smallest absolute Gasteiger partial charge is 0.328 e. The van der Waals surface area contributed by atoms with E-state index in [9.17, 15) is 14.7 Å². The Morgan fingerprint density at radius 3 is 2.19 bits per heavy atom. The maximum absolute atomic E-state index is 13.3. The van der Waals surface area contributed by atoms with Gasteiger partial charge in [-0.3, -0.25) is 9.69 Å². The average molecular weight is 365 g/mol. The Morgan fingerprint density at radius 1 is 0.926 bits per heavy atom. The second-order valence-corrected chi connectivity index (χ2v) is 7.29. The van der Waals surface area contributed by atoms with Gasteiger partial charge in [0.15, 0.2) is 6.04 Å². The van der Waals surface area contributed by atoms with Gasteiger partial charge in [-0.1, -0.05) is 48.9 Å². The third kappa shape index (κ3) is 3.23. The molecule has 1 spiro atoms. The molecule has 1 amide bonds. The second kappa shape index (κ2) is 7.16. The van der Waals surface area contributed by atoms with E-state index < -0.39 is 17.7 Å². The van der Waals surface area contributed by atoms with Gasteiger partial charge in [-0.2, -0.15) is 0 Å².